The van der Waals surface area contributed by atoms with Crippen LogP contribution in [-0.4, -0.2) is 4.98 Å². The van der Waals surface area contributed by atoms with Crippen LogP contribution in [0.3, 0.4) is 0 Å². The number of hydrogen-bond donors (Lipinski definition) is 2. The van der Waals surface area contributed by atoms with E-state index in [0.29, 0.717) is 0 Å². The second-order valence-corrected chi connectivity index (χ2v) is 2.20. The smallest absolute Gasteiger partial charge is 0.265 e. The lowest BCUT2D eigenvalue weighted by molar-refractivity contribution is -0.611. The molecule has 1 aromatic carbocycles. The van der Waals surface area contributed by atoms with E-state index in [4.69, 9.17) is 5.84 Å². The molecular weight excluding hydrogens is 206 g/mol. The summed E-state index contributed by atoms with van der Waals surface area (Å²) in [4.78, 5) is 3.03. The van der Waals surface area contributed by atoms with Gasteiger partial charge in [-0.3, -0.25) is 5.84 Å². The molecule has 0 radical (unpaired) electrons. The summed E-state index contributed by atoms with van der Waals surface area (Å²) >= 11 is 0. The molecule has 0 amide bonds. The molecule has 0 saturated carbocycles. The van der Waals surface area contributed by atoms with Crippen LogP contribution in [0.15, 0.2) is 30.6 Å². The molecule has 0 saturated heterocycles. The molecule has 0 aliphatic heterocycles. The Morgan fingerprint density at radius 2 is 2.00 bits per heavy atom. The number of nitrogens with two attached hydrogens (primary N) is 1. The summed E-state index contributed by atoms with van der Waals surface area (Å²) < 4.78 is 1.56. The Morgan fingerprint density at radius 3 is 2.73 bits per heavy atom. The number of hydrogen-bond acceptors (Lipinski definition) is 1. The maximum absolute atomic E-state index is 5.56. The molecule has 1 heterocycles. The van der Waals surface area contributed by atoms with Crippen molar-refractivity contribution >= 4 is 11.0 Å². The highest BCUT2D eigenvalue weighted by Gasteiger charge is 2.02. The van der Waals surface area contributed by atoms with E-state index >= 15 is 0 Å². The normalized spacial score (nSPS) is 9.45. The van der Waals surface area contributed by atoms with E-state index < -0.39 is 0 Å². The van der Waals surface area contributed by atoms with Crippen molar-refractivity contribution in [1.82, 2.24) is 4.98 Å². The van der Waals surface area contributed by atoms with Gasteiger partial charge < -0.3 is 17.0 Å². The number of fused-ring (bicyclic) bond motifs is 1. The van der Waals surface area contributed by atoms with Crippen molar-refractivity contribution in [3.05, 3.63) is 30.6 Å². The summed E-state index contributed by atoms with van der Waals surface area (Å²) in [5.74, 6) is 5.56. The first kappa shape index (κ1) is 8.07. The summed E-state index contributed by atoms with van der Waals surface area (Å²) in [6.45, 7) is 0. The fourth-order valence-electron chi connectivity index (χ4n) is 1.03. The predicted molar refractivity (Wildman–Crippen MR) is 38.6 cm³/mol. The van der Waals surface area contributed by atoms with Crippen LogP contribution < -0.4 is 27.5 Å². The molecular formula is C7H8BrN3. The second kappa shape index (κ2) is 2.92. The Balaban J connectivity index is 0.000000605. The maximum Gasteiger partial charge on any atom is 0.265 e. The molecule has 2 aromatic rings. The fourth-order valence-corrected chi connectivity index (χ4v) is 1.03. The van der Waals surface area contributed by atoms with Gasteiger partial charge in [-0.05, 0) is 12.1 Å². The largest absolute Gasteiger partial charge is 1.00 e. The zero-order chi connectivity index (χ0) is 6.97. The SMILES string of the molecule is N[n+]1c[nH]c2ccccc21.[Br-]. The lowest BCUT2D eigenvalue weighted by atomic mass is 10.3. The third kappa shape index (κ3) is 1.21. The van der Waals surface area contributed by atoms with Crippen LogP contribution in [0.2, 0.25) is 0 Å². The molecule has 58 valence electrons. The number of benzene rings is 1. The first-order valence-electron chi connectivity index (χ1n) is 3.11. The first-order chi connectivity index (χ1) is 4.88. The number of rotatable bonds is 0. The topological polar surface area (TPSA) is 45.7 Å². The quantitative estimate of drug-likeness (QED) is 0.360. The van der Waals surface area contributed by atoms with E-state index in [1.807, 2.05) is 24.3 Å². The van der Waals surface area contributed by atoms with Crippen LogP contribution >= 0.6 is 0 Å². The van der Waals surface area contributed by atoms with Crippen molar-refractivity contribution in [1.29, 1.82) is 0 Å². The summed E-state index contributed by atoms with van der Waals surface area (Å²) in [6, 6.07) is 7.88. The average molecular weight is 214 g/mol. The van der Waals surface area contributed by atoms with Gasteiger partial charge in [0.15, 0.2) is 11.0 Å². The molecule has 0 spiro atoms. The van der Waals surface area contributed by atoms with Crippen molar-refractivity contribution < 1.29 is 21.7 Å². The zero-order valence-electron chi connectivity index (χ0n) is 5.79. The first-order valence-corrected chi connectivity index (χ1v) is 3.11. The van der Waals surface area contributed by atoms with Gasteiger partial charge in [0, 0.05) is 0 Å². The molecule has 2 rings (SSSR count). The van der Waals surface area contributed by atoms with Crippen LogP contribution in [0.1, 0.15) is 0 Å². The Labute approximate surface area is 74.6 Å². The standard InChI is InChI=1S/C7H7N3.BrH/c8-10-5-9-6-3-1-2-4-7(6)10;/h1-5H,8H2;1H. The number of imidazole rings is 1. The molecule has 1 aromatic heterocycles. The minimum atomic E-state index is 0. The van der Waals surface area contributed by atoms with E-state index in [1.165, 1.54) is 0 Å². The highest BCUT2D eigenvalue weighted by molar-refractivity contribution is 5.70. The Hall–Kier alpha value is -1.03. The fraction of sp³-hybridized carbons (Fsp3) is 0. The molecule has 0 aliphatic rings. The van der Waals surface area contributed by atoms with Gasteiger partial charge in [0.25, 0.3) is 6.33 Å². The van der Waals surface area contributed by atoms with Gasteiger partial charge in [0.1, 0.15) is 0 Å². The summed E-state index contributed by atoms with van der Waals surface area (Å²) in [5, 5.41) is 0. The van der Waals surface area contributed by atoms with Crippen molar-refractivity contribution in [3.63, 3.8) is 0 Å². The zero-order valence-corrected chi connectivity index (χ0v) is 7.38. The molecule has 0 bridgehead atoms. The number of aromatic nitrogens is 2. The van der Waals surface area contributed by atoms with E-state index in [2.05, 4.69) is 4.98 Å². The lowest BCUT2D eigenvalue weighted by Gasteiger charge is -1.82. The van der Waals surface area contributed by atoms with Gasteiger partial charge in [-0.2, -0.15) is 0 Å². The molecule has 11 heavy (non-hydrogen) atoms. The number of aromatic amines is 1. The van der Waals surface area contributed by atoms with E-state index in [1.54, 1.807) is 11.0 Å². The number of para-hydroxylation sites is 2. The van der Waals surface area contributed by atoms with Crippen LogP contribution in [-0.2, 0) is 0 Å². The molecule has 3 N–H and O–H groups in total. The van der Waals surface area contributed by atoms with Crippen molar-refractivity contribution in [2.24, 2.45) is 0 Å². The summed E-state index contributed by atoms with van der Waals surface area (Å²) in [5.41, 5.74) is 2.08. The molecule has 3 nitrogen and oxygen atoms in total. The van der Waals surface area contributed by atoms with E-state index in [0.717, 1.165) is 11.0 Å². The Morgan fingerprint density at radius 1 is 1.27 bits per heavy atom. The van der Waals surface area contributed by atoms with Gasteiger partial charge in [-0.1, -0.05) is 12.1 Å². The van der Waals surface area contributed by atoms with Crippen LogP contribution in [0.4, 0.5) is 0 Å². The maximum atomic E-state index is 5.56. The van der Waals surface area contributed by atoms with Gasteiger partial charge in [0.2, 0.25) is 0 Å². The number of nitrogens with zero attached hydrogens (tertiary/aromatic N) is 1. The molecule has 0 fully saturated rings. The molecule has 0 aliphatic carbocycles. The minimum absolute atomic E-state index is 0. The van der Waals surface area contributed by atoms with Crippen molar-refractivity contribution in [2.75, 3.05) is 5.84 Å². The highest BCUT2D eigenvalue weighted by atomic mass is 79.9. The number of halogens is 1. The monoisotopic (exact) mass is 213 g/mol. The van der Waals surface area contributed by atoms with Crippen LogP contribution in [0, 0.1) is 0 Å². The summed E-state index contributed by atoms with van der Waals surface area (Å²) in [7, 11) is 0. The lowest BCUT2D eigenvalue weighted by Crippen LogP contribution is -3.00. The number of nitrogen functional groups attached to an aromatic ring is 1. The van der Waals surface area contributed by atoms with Gasteiger partial charge >= 0.3 is 0 Å². The average Bonchev–Trinajstić information content (AvgIpc) is 2.34. The Bertz CT molecular complexity index is 355. The van der Waals surface area contributed by atoms with Crippen molar-refractivity contribution in [3.8, 4) is 0 Å². The van der Waals surface area contributed by atoms with Gasteiger partial charge in [-0.15, -0.1) is 4.68 Å². The third-order valence-electron chi connectivity index (χ3n) is 1.54. The predicted octanol–water partition coefficient (Wildman–Crippen LogP) is -2.83. The minimum Gasteiger partial charge on any atom is -1.00 e. The van der Waals surface area contributed by atoms with Gasteiger partial charge in [0.05, 0.1) is 0 Å². The van der Waals surface area contributed by atoms with Crippen LogP contribution in [0.5, 0.6) is 0 Å². The highest BCUT2D eigenvalue weighted by Crippen LogP contribution is 2.02. The molecule has 0 atom stereocenters. The van der Waals surface area contributed by atoms with Crippen LogP contribution in [0.25, 0.3) is 11.0 Å². The van der Waals surface area contributed by atoms with E-state index in [9.17, 15) is 0 Å². The second-order valence-electron chi connectivity index (χ2n) is 2.20. The number of nitrogens with one attached hydrogen (secondary N) is 1. The third-order valence-corrected chi connectivity index (χ3v) is 1.54. The molecule has 0 unspecified atom stereocenters. The Kier molecular flexibility index (Phi) is 2.14. The summed E-state index contributed by atoms with van der Waals surface area (Å²) in [6.07, 6.45) is 1.73. The number of H-pyrrole nitrogens is 1. The van der Waals surface area contributed by atoms with E-state index in [-0.39, 0.29) is 17.0 Å². The van der Waals surface area contributed by atoms with Crippen molar-refractivity contribution in [2.45, 2.75) is 0 Å². The van der Waals surface area contributed by atoms with Gasteiger partial charge in [-0.25, -0.2) is 4.98 Å². The molecule has 4 heteroatoms.